The van der Waals surface area contributed by atoms with E-state index in [0.29, 0.717) is 0 Å². The van der Waals surface area contributed by atoms with Gasteiger partial charge in [0.15, 0.2) is 0 Å². The van der Waals surface area contributed by atoms with Gasteiger partial charge in [-0.15, -0.1) is 0 Å². The largest absolute Gasteiger partial charge is 0.369 e. The van der Waals surface area contributed by atoms with E-state index < -0.39 is 5.91 Å². The van der Waals surface area contributed by atoms with Crippen LogP contribution in [0.3, 0.4) is 0 Å². The van der Waals surface area contributed by atoms with Gasteiger partial charge in [0.25, 0.3) is 0 Å². The fraction of sp³-hybridized carbons (Fsp3) is 0.667. The van der Waals surface area contributed by atoms with E-state index in [0.717, 1.165) is 31.6 Å². The molecule has 0 unspecified atom stereocenters. The summed E-state index contributed by atoms with van der Waals surface area (Å²) in [6.07, 6.45) is 4.25. The molecule has 0 heterocycles. The quantitative estimate of drug-likeness (QED) is 0.702. The SMILES string of the molecule is C=C(CC(N)=O)C(=O)NC1CCC(C)CC1. The second-order valence-corrected chi connectivity index (χ2v) is 4.68. The van der Waals surface area contributed by atoms with Crippen molar-refractivity contribution >= 4 is 11.8 Å². The van der Waals surface area contributed by atoms with Crippen molar-refractivity contribution in [1.29, 1.82) is 0 Å². The molecule has 0 atom stereocenters. The van der Waals surface area contributed by atoms with Gasteiger partial charge in [0.1, 0.15) is 0 Å². The third-order valence-electron chi connectivity index (χ3n) is 3.06. The van der Waals surface area contributed by atoms with E-state index in [1.54, 1.807) is 0 Å². The normalized spacial score (nSPS) is 24.8. The lowest BCUT2D eigenvalue weighted by atomic mass is 9.87. The number of nitrogens with two attached hydrogens (primary N) is 1. The van der Waals surface area contributed by atoms with Gasteiger partial charge in [-0.05, 0) is 31.6 Å². The summed E-state index contributed by atoms with van der Waals surface area (Å²) in [4.78, 5) is 22.2. The van der Waals surface area contributed by atoms with Gasteiger partial charge in [0.05, 0.1) is 6.42 Å². The smallest absolute Gasteiger partial charge is 0.247 e. The van der Waals surface area contributed by atoms with Gasteiger partial charge in [0, 0.05) is 11.6 Å². The number of rotatable bonds is 4. The van der Waals surface area contributed by atoms with Crippen molar-refractivity contribution in [1.82, 2.24) is 5.32 Å². The number of hydrogen-bond acceptors (Lipinski definition) is 2. The molecule has 0 radical (unpaired) electrons. The van der Waals surface area contributed by atoms with Crippen LogP contribution in [0.1, 0.15) is 39.0 Å². The summed E-state index contributed by atoms with van der Waals surface area (Å²) < 4.78 is 0. The maximum atomic E-state index is 11.6. The van der Waals surface area contributed by atoms with Crippen molar-refractivity contribution < 1.29 is 9.59 Å². The molecule has 4 heteroatoms. The van der Waals surface area contributed by atoms with E-state index in [4.69, 9.17) is 5.73 Å². The zero-order valence-corrected chi connectivity index (χ0v) is 9.79. The molecule has 1 rings (SSSR count). The van der Waals surface area contributed by atoms with Crippen molar-refractivity contribution in [2.45, 2.75) is 45.1 Å². The average molecular weight is 224 g/mol. The van der Waals surface area contributed by atoms with Gasteiger partial charge in [-0.2, -0.15) is 0 Å². The molecule has 0 spiro atoms. The fourth-order valence-corrected chi connectivity index (χ4v) is 1.98. The molecule has 1 aliphatic rings. The molecule has 1 fully saturated rings. The van der Waals surface area contributed by atoms with Crippen molar-refractivity contribution in [3.8, 4) is 0 Å². The Balaban J connectivity index is 2.34. The first-order valence-corrected chi connectivity index (χ1v) is 5.76. The summed E-state index contributed by atoms with van der Waals surface area (Å²) >= 11 is 0. The molecule has 1 saturated carbocycles. The lowest BCUT2D eigenvalue weighted by Crippen LogP contribution is -2.38. The van der Waals surface area contributed by atoms with Gasteiger partial charge in [-0.25, -0.2) is 0 Å². The first-order valence-electron chi connectivity index (χ1n) is 5.76. The Hall–Kier alpha value is -1.32. The number of carbonyl (C=O) groups is 2. The minimum absolute atomic E-state index is 0.0606. The van der Waals surface area contributed by atoms with Gasteiger partial charge < -0.3 is 11.1 Å². The number of primary amides is 1. The summed E-state index contributed by atoms with van der Waals surface area (Å²) in [5, 5.41) is 2.90. The summed E-state index contributed by atoms with van der Waals surface area (Å²) in [5.41, 5.74) is 5.26. The Morgan fingerprint density at radius 2 is 1.88 bits per heavy atom. The molecule has 16 heavy (non-hydrogen) atoms. The third-order valence-corrected chi connectivity index (χ3v) is 3.06. The lowest BCUT2D eigenvalue weighted by Gasteiger charge is -2.27. The minimum atomic E-state index is -0.516. The average Bonchev–Trinajstić information content (AvgIpc) is 2.20. The van der Waals surface area contributed by atoms with E-state index in [9.17, 15) is 9.59 Å². The number of nitrogens with one attached hydrogen (secondary N) is 1. The van der Waals surface area contributed by atoms with Crippen LogP contribution >= 0.6 is 0 Å². The van der Waals surface area contributed by atoms with Gasteiger partial charge in [-0.1, -0.05) is 13.5 Å². The topological polar surface area (TPSA) is 72.2 Å². The summed E-state index contributed by atoms with van der Waals surface area (Å²) in [6, 6.07) is 0.230. The zero-order chi connectivity index (χ0) is 12.1. The molecule has 0 aromatic carbocycles. The van der Waals surface area contributed by atoms with Crippen LogP contribution in [0, 0.1) is 5.92 Å². The van der Waals surface area contributed by atoms with Crippen LogP contribution in [0.15, 0.2) is 12.2 Å². The zero-order valence-electron chi connectivity index (χ0n) is 9.79. The molecular weight excluding hydrogens is 204 g/mol. The molecule has 3 N–H and O–H groups in total. The molecule has 0 saturated heterocycles. The Morgan fingerprint density at radius 3 is 2.38 bits per heavy atom. The van der Waals surface area contributed by atoms with E-state index in [-0.39, 0.29) is 23.9 Å². The lowest BCUT2D eigenvalue weighted by molar-refractivity contribution is -0.122. The molecule has 0 bridgehead atoms. The minimum Gasteiger partial charge on any atom is -0.369 e. The molecule has 0 aliphatic heterocycles. The molecule has 0 aromatic rings. The second-order valence-electron chi connectivity index (χ2n) is 4.68. The third kappa shape index (κ3) is 4.04. The highest BCUT2D eigenvalue weighted by atomic mass is 16.2. The van der Waals surface area contributed by atoms with Crippen LogP contribution in [0.25, 0.3) is 0 Å². The number of carbonyl (C=O) groups excluding carboxylic acids is 2. The molecular formula is C12H20N2O2. The van der Waals surface area contributed by atoms with E-state index in [1.807, 2.05) is 0 Å². The molecule has 0 aromatic heterocycles. The van der Waals surface area contributed by atoms with Crippen LogP contribution in [0.4, 0.5) is 0 Å². The Kier molecular flexibility index (Phi) is 4.52. The maximum Gasteiger partial charge on any atom is 0.247 e. The van der Waals surface area contributed by atoms with E-state index >= 15 is 0 Å². The molecule has 90 valence electrons. The molecule has 2 amide bonds. The standard InChI is InChI=1S/C12H20N2O2/c1-8-3-5-10(6-4-8)14-12(16)9(2)7-11(13)15/h8,10H,2-7H2,1H3,(H2,13,15)(H,14,16). The predicted molar refractivity (Wildman–Crippen MR) is 62.5 cm³/mol. The van der Waals surface area contributed by atoms with Crippen LogP contribution in [-0.2, 0) is 9.59 Å². The Bertz CT molecular complexity index is 291. The fourth-order valence-electron chi connectivity index (χ4n) is 1.98. The van der Waals surface area contributed by atoms with Gasteiger partial charge >= 0.3 is 0 Å². The van der Waals surface area contributed by atoms with Crippen LogP contribution in [0.5, 0.6) is 0 Å². The molecule has 4 nitrogen and oxygen atoms in total. The highest BCUT2D eigenvalue weighted by molar-refractivity contribution is 5.97. The van der Waals surface area contributed by atoms with Crippen LogP contribution in [0.2, 0.25) is 0 Å². The molecule has 1 aliphatic carbocycles. The van der Waals surface area contributed by atoms with E-state index in [2.05, 4.69) is 18.8 Å². The second kappa shape index (κ2) is 5.68. The monoisotopic (exact) mass is 224 g/mol. The van der Waals surface area contributed by atoms with Crippen LogP contribution < -0.4 is 11.1 Å². The highest BCUT2D eigenvalue weighted by Crippen LogP contribution is 2.23. The first kappa shape index (κ1) is 12.7. The summed E-state index contributed by atoms with van der Waals surface area (Å²) in [6.45, 7) is 5.79. The number of hydrogen-bond donors (Lipinski definition) is 2. The Morgan fingerprint density at radius 1 is 1.31 bits per heavy atom. The van der Waals surface area contributed by atoms with E-state index in [1.165, 1.54) is 0 Å². The first-order chi connectivity index (χ1) is 7.49. The van der Waals surface area contributed by atoms with Crippen molar-refractivity contribution in [3.05, 3.63) is 12.2 Å². The van der Waals surface area contributed by atoms with Crippen molar-refractivity contribution in [3.63, 3.8) is 0 Å². The maximum absolute atomic E-state index is 11.6. The van der Waals surface area contributed by atoms with Crippen molar-refractivity contribution in [2.24, 2.45) is 11.7 Å². The van der Waals surface area contributed by atoms with Crippen LogP contribution in [-0.4, -0.2) is 17.9 Å². The summed E-state index contributed by atoms with van der Waals surface area (Å²) in [5.74, 6) is -0.00209. The predicted octanol–water partition coefficient (Wildman–Crippen LogP) is 1.11. The van der Waals surface area contributed by atoms with Gasteiger partial charge in [-0.3, -0.25) is 9.59 Å². The van der Waals surface area contributed by atoms with Gasteiger partial charge in [0.2, 0.25) is 11.8 Å². The van der Waals surface area contributed by atoms with Crippen molar-refractivity contribution in [2.75, 3.05) is 0 Å². The number of amides is 2. The highest BCUT2D eigenvalue weighted by Gasteiger charge is 2.20. The Labute approximate surface area is 96.3 Å². The summed E-state index contributed by atoms with van der Waals surface area (Å²) in [7, 11) is 0.